The Hall–Kier alpha value is -3.13. The van der Waals surface area contributed by atoms with Crippen LogP contribution in [0.1, 0.15) is 23.3 Å². The van der Waals surface area contributed by atoms with Gasteiger partial charge in [-0.05, 0) is 38.1 Å². The zero-order valence-corrected chi connectivity index (χ0v) is 15.8. The first-order valence-electron chi connectivity index (χ1n) is 9.11. The number of anilines is 3. The van der Waals surface area contributed by atoms with E-state index in [0.717, 1.165) is 29.6 Å². The van der Waals surface area contributed by atoms with Crippen molar-refractivity contribution in [1.82, 2.24) is 19.9 Å². The van der Waals surface area contributed by atoms with E-state index in [4.69, 9.17) is 4.74 Å². The molecular weight excluding hydrogens is 359 g/mol. The zero-order valence-electron chi connectivity index (χ0n) is 15.8. The van der Waals surface area contributed by atoms with Gasteiger partial charge < -0.3 is 15.0 Å². The highest BCUT2D eigenvalue weighted by atomic mass is 19.1. The number of halogens is 1. The van der Waals surface area contributed by atoms with E-state index in [1.165, 1.54) is 12.3 Å². The second-order valence-corrected chi connectivity index (χ2v) is 6.65. The van der Waals surface area contributed by atoms with Crippen molar-refractivity contribution in [3.8, 4) is 0 Å². The molecule has 1 atom stereocenters. The number of rotatable bonds is 4. The lowest BCUT2D eigenvalue weighted by atomic mass is 10.2. The van der Waals surface area contributed by atoms with Crippen LogP contribution in [0.15, 0.2) is 42.6 Å². The molecule has 0 aromatic carbocycles. The van der Waals surface area contributed by atoms with Gasteiger partial charge in [0.2, 0.25) is 0 Å². The maximum atomic E-state index is 13.0. The van der Waals surface area contributed by atoms with Crippen LogP contribution < -0.4 is 10.2 Å². The number of nitrogens with zero attached hydrogens (tertiary/aromatic N) is 5. The summed E-state index contributed by atoms with van der Waals surface area (Å²) in [5, 5.41) is 3.09. The van der Waals surface area contributed by atoms with Gasteiger partial charge in [0.15, 0.2) is 0 Å². The second kappa shape index (κ2) is 7.85. The molecule has 0 aliphatic carbocycles. The number of nitrogens with one attached hydrogen (secondary N) is 1. The van der Waals surface area contributed by atoms with Crippen LogP contribution in [-0.4, -0.2) is 39.6 Å². The molecule has 0 radical (unpaired) electrons. The first-order chi connectivity index (χ1) is 13.6. The quantitative estimate of drug-likeness (QED) is 0.744. The van der Waals surface area contributed by atoms with Gasteiger partial charge in [0.25, 0.3) is 0 Å². The monoisotopic (exact) mass is 380 g/mol. The Morgan fingerprint density at radius 1 is 1.11 bits per heavy atom. The molecule has 28 heavy (non-hydrogen) atoms. The van der Waals surface area contributed by atoms with Crippen LogP contribution in [0.3, 0.4) is 0 Å². The lowest BCUT2D eigenvalue weighted by molar-refractivity contribution is 0.0368. The minimum Gasteiger partial charge on any atom is -0.368 e. The average Bonchev–Trinajstić information content (AvgIpc) is 2.69. The number of hydrogen-bond donors (Lipinski definition) is 1. The fourth-order valence-electron chi connectivity index (χ4n) is 3.18. The molecular formula is C20H21FN6O. The van der Waals surface area contributed by atoms with Crippen molar-refractivity contribution in [2.24, 2.45) is 0 Å². The van der Waals surface area contributed by atoms with Gasteiger partial charge in [-0.15, -0.1) is 0 Å². The minimum absolute atomic E-state index is 0.174. The summed E-state index contributed by atoms with van der Waals surface area (Å²) >= 11 is 0. The highest BCUT2D eigenvalue weighted by Gasteiger charge is 2.24. The molecule has 144 valence electrons. The van der Waals surface area contributed by atoms with Gasteiger partial charge in [0, 0.05) is 18.3 Å². The van der Waals surface area contributed by atoms with Crippen LogP contribution in [0, 0.1) is 19.7 Å². The van der Waals surface area contributed by atoms with Crippen molar-refractivity contribution in [3.05, 3.63) is 65.6 Å². The molecule has 0 spiro atoms. The second-order valence-electron chi connectivity index (χ2n) is 6.65. The fourth-order valence-corrected chi connectivity index (χ4v) is 3.18. The standard InChI is InChI=1S/C20H21FN6O/c1-13-10-20(24-14(2)23-13)27-8-9-28-17(12-27)16-4-3-5-19(25-16)26-18-7-6-15(21)11-22-18/h3-7,10-11,17H,8-9,12H2,1-2H3,(H,22,25,26)/t17-/m1/s1. The van der Waals surface area contributed by atoms with E-state index in [2.05, 4.69) is 30.2 Å². The van der Waals surface area contributed by atoms with Crippen molar-refractivity contribution in [3.63, 3.8) is 0 Å². The smallest absolute Gasteiger partial charge is 0.141 e. The molecule has 0 bridgehead atoms. The summed E-state index contributed by atoms with van der Waals surface area (Å²) in [6.07, 6.45) is 0.993. The lowest BCUT2D eigenvalue weighted by Gasteiger charge is -2.33. The Morgan fingerprint density at radius 2 is 2.00 bits per heavy atom. The summed E-state index contributed by atoms with van der Waals surface area (Å²) in [5.74, 6) is 2.45. The Bertz CT molecular complexity index is 945. The molecule has 3 aromatic rings. The molecule has 1 aliphatic rings. The normalized spacial score (nSPS) is 16.8. The Balaban J connectivity index is 1.51. The molecule has 4 heterocycles. The van der Waals surface area contributed by atoms with Crippen molar-refractivity contribution in [1.29, 1.82) is 0 Å². The molecule has 3 aromatic heterocycles. The number of pyridine rings is 2. The van der Waals surface area contributed by atoms with Gasteiger partial charge in [0.1, 0.15) is 35.2 Å². The first kappa shape index (κ1) is 18.2. The molecule has 7 nitrogen and oxygen atoms in total. The van der Waals surface area contributed by atoms with Gasteiger partial charge >= 0.3 is 0 Å². The van der Waals surface area contributed by atoms with Crippen molar-refractivity contribution >= 4 is 17.5 Å². The van der Waals surface area contributed by atoms with Crippen molar-refractivity contribution in [2.45, 2.75) is 20.0 Å². The van der Waals surface area contributed by atoms with Crippen LogP contribution >= 0.6 is 0 Å². The Kier molecular flexibility index (Phi) is 5.12. The molecule has 1 N–H and O–H groups in total. The summed E-state index contributed by atoms with van der Waals surface area (Å²) < 4.78 is 19.0. The molecule has 1 aliphatic heterocycles. The first-order valence-corrected chi connectivity index (χ1v) is 9.11. The predicted molar refractivity (Wildman–Crippen MR) is 104 cm³/mol. The maximum Gasteiger partial charge on any atom is 0.141 e. The molecule has 8 heteroatoms. The van der Waals surface area contributed by atoms with Crippen LogP contribution in [-0.2, 0) is 4.74 Å². The van der Waals surface area contributed by atoms with E-state index in [-0.39, 0.29) is 11.9 Å². The summed E-state index contributed by atoms with van der Waals surface area (Å²) in [5.41, 5.74) is 1.76. The van der Waals surface area contributed by atoms with Crippen LogP contribution in [0.5, 0.6) is 0 Å². The van der Waals surface area contributed by atoms with E-state index in [0.29, 0.717) is 24.8 Å². The maximum absolute atomic E-state index is 13.0. The number of aryl methyl sites for hydroxylation is 2. The predicted octanol–water partition coefficient (Wildman–Crippen LogP) is 3.34. The van der Waals surface area contributed by atoms with Crippen molar-refractivity contribution < 1.29 is 9.13 Å². The number of hydrogen-bond acceptors (Lipinski definition) is 7. The average molecular weight is 380 g/mol. The third-order valence-electron chi connectivity index (χ3n) is 4.43. The molecule has 1 saturated heterocycles. The number of ether oxygens (including phenoxy) is 1. The Morgan fingerprint density at radius 3 is 2.79 bits per heavy atom. The third-order valence-corrected chi connectivity index (χ3v) is 4.43. The molecule has 1 fully saturated rings. The summed E-state index contributed by atoms with van der Waals surface area (Å²) in [7, 11) is 0. The molecule has 0 unspecified atom stereocenters. The van der Waals surface area contributed by atoms with Gasteiger partial charge in [0.05, 0.1) is 25.0 Å². The van der Waals surface area contributed by atoms with Gasteiger partial charge in [-0.3, -0.25) is 0 Å². The van der Waals surface area contributed by atoms with Crippen LogP contribution in [0.2, 0.25) is 0 Å². The minimum atomic E-state index is -0.377. The van der Waals surface area contributed by atoms with E-state index in [1.807, 2.05) is 38.1 Å². The highest BCUT2D eigenvalue weighted by Crippen LogP contribution is 2.25. The van der Waals surface area contributed by atoms with Crippen LogP contribution in [0.4, 0.5) is 21.8 Å². The van der Waals surface area contributed by atoms with E-state index in [1.54, 1.807) is 6.07 Å². The van der Waals surface area contributed by atoms with Gasteiger partial charge in [-0.25, -0.2) is 24.3 Å². The summed E-state index contributed by atoms with van der Waals surface area (Å²) in [4.78, 5) is 19.7. The van der Waals surface area contributed by atoms with E-state index >= 15 is 0 Å². The zero-order chi connectivity index (χ0) is 19.5. The van der Waals surface area contributed by atoms with Crippen LogP contribution in [0.25, 0.3) is 0 Å². The number of morpholine rings is 1. The molecule has 4 rings (SSSR count). The number of aromatic nitrogens is 4. The third kappa shape index (κ3) is 4.23. The molecule has 0 saturated carbocycles. The van der Waals surface area contributed by atoms with E-state index < -0.39 is 0 Å². The topological polar surface area (TPSA) is 76.1 Å². The SMILES string of the molecule is Cc1cc(N2CCO[C@@H](c3cccc(Nc4ccc(F)cn4)n3)C2)nc(C)n1. The van der Waals surface area contributed by atoms with Gasteiger partial charge in [-0.2, -0.15) is 0 Å². The largest absolute Gasteiger partial charge is 0.368 e. The lowest BCUT2D eigenvalue weighted by Crippen LogP contribution is -2.39. The highest BCUT2D eigenvalue weighted by molar-refractivity contribution is 5.51. The van der Waals surface area contributed by atoms with E-state index in [9.17, 15) is 4.39 Å². The summed E-state index contributed by atoms with van der Waals surface area (Å²) in [6, 6.07) is 10.6. The summed E-state index contributed by atoms with van der Waals surface area (Å²) in [6.45, 7) is 5.88. The fraction of sp³-hybridized carbons (Fsp3) is 0.300. The Labute approximate surface area is 162 Å². The molecule has 0 amide bonds. The van der Waals surface area contributed by atoms with Crippen molar-refractivity contribution in [2.75, 3.05) is 29.9 Å². The van der Waals surface area contributed by atoms with Gasteiger partial charge in [-0.1, -0.05) is 6.07 Å².